The molecule has 136 valence electrons. The van der Waals surface area contributed by atoms with Crippen molar-refractivity contribution in [1.82, 2.24) is 15.3 Å². The fourth-order valence-corrected chi connectivity index (χ4v) is 3.13. The fraction of sp³-hybridized carbons (Fsp3) is 0.381. The van der Waals surface area contributed by atoms with Crippen molar-refractivity contribution in [3.63, 3.8) is 0 Å². The Kier molecular flexibility index (Phi) is 6.36. The van der Waals surface area contributed by atoms with Gasteiger partial charge in [-0.1, -0.05) is 42.0 Å². The average Bonchev–Trinajstić information content (AvgIpc) is 2.69. The lowest BCUT2D eigenvalue weighted by Gasteiger charge is -2.17. The fourth-order valence-electron chi connectivity index (χ4n) is 3.13. The van der Waals surface area contributed by atoms with Crippen molar-refractivity contribution in [2.75, 3.05) is 18.5 Å². The van der Waals surface area contributed by atoms with Gasteiger partial charge in [-0.3, -0.25) is 4.79 Å². The lowest BCUT2D eigenvalue weighted by atomic mass is 9.97. The first kappa shape index (κ1) is 18.1. The molecule has 0 aliphatic heterocycles. The Hall–Kier alpha value is -2.69. The molecule has 1 aliphatic carbocycles. The second-order valence-electron chi connectivity index (χ2n) is 6.73. The third-order valence-electron chi connectivity index (χ3n) is 4.62. The zero-order chi connectivity index (χ0) is 18.2. The van der Waals surface area contributed by atoms with Crippen LogP contribution >= 0.6 is 0 Å². The predicted molar refractivity (Wildman–Crippen MR) is 104 cm³/mol. The Morgan fingerprint density at radius 3 is 2.62 bits per heavy atom. The first-order valence-corrected chi connectivity index (χ1v) is 9.25. The average molecular weight is 350 g/mol. The molecule has 1 amide bonds. The Balaban J connectivity index is 1.50. The zero-order valence-corrected chi connectivity index (χ0v) is 15.3. The van der Waals surface area contributed by atoms with Gasteiger partial charge in [-0.25, -0.2) is 9.97 Å². The van der Waals surface area contributed by atoms with Crippen molar-refractivity contribution in [2.24, 2.45) is 0 Å². The van der Waals surface area contributed by atoms with Gasteiger partial charge in [-0.05, 0) is 37.7 Å². The highest BCUT2D eigenvalue weighted by Gasteiger charge is 2.10. The summed E-state index contributed by atoms with van der Waals surface area (Å²) in [6.07, 6.45) is 11.3. The highest BCUT2D eigenvalue weighted by molar-refractivity contribution is 5.93. The van der Waals surface area contributed by atoms with Crippen molar-refractivity contribution >= 4 is 11.9 Å². The number of amides is 1. The molecule has 0 saturated heterocycles. The van der Waals surface area contributed by atoms with Crippen LogP contribution < -0.4 is 10.2 Å². The summed E-state index contributed by atoms with van der Waals surface area (Å²) in [4.78, 5) is 22.9. The summed E-state index contributed by atoms with van der Waals surface area (Å²) in [5.74, 6) is 0.497. The molecule has 0 fully saturated rings. The molecule has 1 N–H and O–H groups in total. The molecule has 0 radical (unpaired) electrons. The van der Waals surface area contributed by atoms with Crippen LogP contribution in [0.2, 0.25) is 0 Å². The van der Waals surface area contributed by atoms with Gasteiger partial charge in [0.2, 0.25) is 5.95 Å². The van der Waals surface area contributed by atoms with Gasteiger partial charge >= 0.3 is 0 Å². The predicted octanol–water partition coefficient (Wildman–Crippen LogP) is 3.73. The molecule has 1 heterocycles. The minimum Gasteiger partial charge on any atom is -0.352 e. The largest absolute Gasteiger partial charge is 0.352 e. The maximum Gasteiger partial charge on any atom is 0.254 e. The maximum atomic E-state index is 12.2. The zero-order valence-electron chi connectivity index (χ0n) is 15.3. The Morgan fingerprint density at radius 1 is 1.15 bits per heavy atom. The number of nitrogens with zero attached hydrogens (tertiary/aromatic N) is 3. The number of benzene rings is 1. The quantitative estimate of drug-likeness (QED) is 0.773. The number of hydrogen-bond acceptors (Lipinski definition) is 4. The molecular weight excluding hydrogens is 324 g/mol. The van der Waals surface area contributed by atoms with E-state index in [1.807, 2.05) is 30.1 Å². The highest BCUT2D eigenvalue weighted by Crippen LogP contribution is 2.19. The number of rotatable bonds is 7. The molecule has 26 heavy (non-hydrogen) atoms. The van der Waals surface area contributed by atoms with E-state index in [4.69, 9.17) is 0 Å². The molecule has 1 aromatic heterocycles. The minimum atomic E-state index is -0.112. The first-order chi connectivity index (χ1) is 12.7. The van der Waals surface area contributed by atoms with Crippen LogP contribution in [0.1, 0.15) is 48.0 Å². The summed E-state index contributed by atoms with van der Waals surface area (Å²) in [5, 5.41) is 2.96. The van der Waals surface area contributed by atoms with Crippen molar-refractivity contribution in [3.05, 3.63) is 65.5 Å². The molecule has 0 spiro atoms. The molecule has 0 bridgehead atoms. The molecular formula is C21H26N4O. The van der Waals surface area contributed by atoms with E-state index in [-0.39, 0.29) is 5.91 Å². The number of anilines is 1. The second-order valence-corrected chi connectivity index (χ2v) is 6.73. The van der Waals surface area contributed by atoms with Gasteiger partial charge in [0, 0.05) is 32.5 Å². The number of carbonyl (C=O) groups is 1. The van der Waals surface area contributed by atoms with Gasteiger partial charge in [0.25, 0.3) is 5.91 Å². The van der Waals surface area contributed by atoms with E-state index in [9.17, 15) is 4.79 Å². The molecule has 5 nitrogen and oxygen atoms in total. The molecule has 1 aliphatic rings. The number of aromatic nitrogens is 2. The summed E-state index contributed by atoms with van der Waals surface area (Å²) in [5.41, 5.74) is 3.16. The van der Waals surface area contributed by atoms with E-state index in [1.54, 1.807) is 12.4 Å². The minimum absolute atomic E-state index is 0.112. The molecule has 1 aromatic carbocycles. The van der Waals surface area contributed by atoms with Crippen LogP contribution in [0.3, 0.4) is 0 Å². The van der Waals surface area contributed by atoms with Crippen LogP contribution in [-0.4, -0.2) is 29.5 Å². The van der Waals surface area contributed by atoms with Gasteiger partial charge in [0.1, 0.15) is 0 Å². The van der Waals surface area contributed by atoms with Crippen molar-refractivity contribution in [3.8, 4) is 0 Å². The van der Waals surface area contributed by atoms with Gasteiger partial charge < -0.3 is 10.2 Å². The SMILES string of the molecule is CN(Cc1ccccc1)c1ncc(C(=O)NCCC2=CCCCC2)cn1. The number of hydrogen-bond donors (Lipinski definition) is 1. The third kappa shape index (κ3) is 5.15. The van der Waals surface area contributed by atoms with Crippen LogP contribution in [-0.2, 0) is 6.54 Å². The van der Waals surface area contributed by atoms with Crippen molar-refractivity contribution in [1.29, 1.82) is 0 Å². The topological polar surface area (TPSA) is 58.1 Å². The standard InChI is InChI=1S/C21H26N4O/c1-25(16-18-10-6-3-7-11-18)21-23-14-19(15-24-21)20(26)22-13-12-17-8-4-2-5-9-17/h3,6-8,10-11,14-15H,2,4-5,9,12-13,16H2,1H3,(H,22,26). The van der Waals surface area contributed by atoms with Crippen LogP contribution in [0.5, 0.6) is 0 Å². The van der Waals surface area contributed by atoms with Gasteiger partial charge in [0.05, 0.1) is 5.56 Å². The summed E-state index contributed by atoms with van der Waals surface area (Å²) in [6.45, 7) is 1.39. The van der Waals surface area contributed by atoms with E-state index in [0.29, 0.717) is 18.1 Å². The molecule has 0 saturated carbocycles. The highest BCUT2D eigenvalue weighted by atomic mass is 16.1. The van der Waals surface area contributed by atoms with E-state index < -0.39 is 0 Å². The van der Waals surface area contributed by atoms with Gasteiger partial charge in [-0.2, -0.15) is 0 Å². The smallest absolute Gasteiger partial charge is 0.254 e. The second kappa shape index (κ2) is 9.13. The Bertz CT molecular complexity index is 740. The lowest BCUT2D eigenvalue weighted by molar-refractivity contribution is 0.0953. The Labute approximate surface area is 155 Å². The van der Waals surface area contributed by atoms with Crippen LogP contribution in [0, 0.1) is 0 Å². The number of nitrogens with one attached hydrogen (secondary N) is 1. The van der Waals surface area contributed by atoms with Gasteiger partial charge in [0.15, 0.2) is 0 Å². The van der Waals surface area contributed by atoms with Crippen molar-refractivity contribution in [2.45, 2.75) is 38.6 Å². The van der Waals surface area contributed by atoms with E-state index in [0.717, 1.165) is 13.0 Å². The summed E-state index contributed by atoms with van der Waals surface area (Å²) in [6, 6.07) is 10.2. The van der Waals surface area contributed by atoms with E-state index >= 15 is 0 Å². The third-order valence-corrected chi connectivity index (χ3v) is 4.62. The lowest BCUT2D eigenvalue weighted by Crippen LogP contribution is -2.26. The molecule has 0 atom stereocenters. The Morgan fingerprint density at radius 2 is 1.92 bits per heavy atom. The number of carbonyl (C=O) groups excluding carboxylic acids is 1. The molecule has 2 aromatic rings. The van der Waals surface area contributed by atoms with E-state index in [1.165, 1.54) is 36.8 Å². The summed E-state index contributed by atoms with van der Waals surface area (Å²) >= 11 is 0. The first-order valence-electron chi connectivity index (χ1n) is 9.25. The molecule has 0 unspecified atom stereocenters. The molecule has 5 heteroatoms. The monoisotopic (exact) mass is 350 g/mol. The number of allylic oxidation sites excluding steroid dienone is 1. The van der Waals surface area contributed by atoms with Gasteiger partial charge in [-0.15, -0.1) is 0 Å². The van der Waals surface area contributed by atoms with E-state index in [2.05, 4.69) is 33.5 Å². The summed E-state index contributed by atoms with van der Waals surface area (Å²) < 4.78 is 0. The summed E-state index contributed by atoms with van der Waals surface area (Å²) in [7, 11) is 1.94. The normalized spacial score (nSPS) is 13.8. The maximum absolute atomic E-state index is 12.2. The van der Waals surface area contributed by atoms with Crippen LogP contribution in [0.15, 0.2) is 54.4 Å². The van der Waals surface area contributed by atoms with Crippen LogP contribution in [0.25, 0.3) is 0 Å². The molecule has 3 rings (SSSR count). The van der Waals surface area contributed by atoms with Crippen LogP contribution in [0.4, 0.5) is 5.95 Å². The van der Waals surface area contributed by atoms with Crippen molar-refractivity contribution < 1.29 is 4.79 Å².